The molecular formula is C22H32N4O2. The number of fused-ring (bicyclic) bond motifs is 1. The minimum absolute atomic E-state index is 0.494. The van der Waals surface area contributed by atoms with Crippen molar-refractivity contribution in [2.75, 3.05) is 46.4 Å². The molecule has 2 aliphatic rings. The van der Waals surface area contributed by atoms with Crippen LogP contribution in [0.25, 0.3) is 11.0 Å². The van der Waals surface area contributed by atoms with E-state index >= 15 is 0 Å². The third kappa shape index (κ3) is 5.06. The Kier molecular flexibility index (Phi) is 6.49. The highest BCUT2D eigenvalue weighted by atomic mass is 16.5. The van der Waals surface area contributed by atoms with E-state index in [2.05, 4.69) is 32.7 Å². The highest BCUT2D eigenvalue weighted by molar-refractivity contribution is 5.80. The quantitative estimate of drug-likeness (QED) is 0.592. The second-order valence-electron chi connectivity index (χ2n) is 7.95. The van der Waals surface area contributed by atoms with Crippen LogP contribution in [0.4, 0.5) is 0 Å². The van der Waals surface area contributed by atoms with E-state index in [4.69, 9.17) is 9.15 Å². The molecule has 0 amide bonds. The molecule has 2 aliphatic heterocycles. The van der Waals surface area contributed by atoms with Crippen LogP contribution in [0, 0.1) is 5.92 Å². The molecule has 0 saturated carbocycles. The highest BCUT2D eigenvalue weighted by Crippen LogP contribution is 2.19. The standard InChI is InChI=1S/C22H32N4O2/c1-23-22(24-10-6-20-14-18-4-2-3-5-21(18)28-20)25-19-7-11-26(12-8-19)15-17-9-13-27-16-17/h2-5,14,17,19H,6-13,15-16H2,1H3,(H2,23,24,25). The Balaban J connectivity index is 1.17. The van der Waals surface area contributed by atoms with Gasteiger partial charge in [0.1, 0.15) is 11.3 Å². The largest absolute Gasteiger partial charge is 0.461 e. The van der Waals surface area contributed by atoms with Gasteiger partial charge in [-0.15, -0.1) is 0 Å². The van der Waals surface area contributed by atoms with E-state index in [1.165, 1.54) is 13.0 Å². The summed E-state index contributed by atoms with van der Waals surface area (Å²) in [5.74, 6) is 2.63. The van der Waals surface area contributed by atoms with Crippen molar-refractivity contribution in [2.45, 2.75) is 31.7 Å². The lowest BCUT2D eigenvalue weighted by Crippen LogP contribution is -2.49. The van der Waals surface area contributed by atoms with Crippen molar-refractivity contribution in [2.24, 2.45) is 10.9 Å². The Labute approximate surface area is 167 Å². The van der Waals surface area contributed by atoms with Gasteiger partial charge in [-0.05, 0) is 37.3 Å². The highest BCUT2D eigenvalue weighted by Gasteiger charge is 2.24. The van der Waals surface area contributed by atoms with Gasteiger partial charge in [0.25, 0.3) is 0 Å². The predicted octanol–water partition coefficient (Wildman–Crippen LogP) is 2.64. The summed E-state index contributed by atoms with van der Waals surface area (Å²) in [6, 6.07) is 10.8. The first-order chi connectivity index (χ1) is 13.8. The summed E-state index contributed by atoms with van der Waals surface area (Å²) in [6.07, 6.45) is 4.40. The van der Waals surface area contributed by atoms with Crippen LogP contribution in [0.1, 0.15) is 25.0 Å². The minimum Gasteiger partial charge on any atom is -0.461 e. The van der Waals surface area contributed by atoms with Crippen molar-refractivity contribution < 1.29 is 9.15 Å². The topological polar surface area (TPSA) is 62.0 Å². The first-order valence-electron chi connectivity index (χ1n) is 10.5. The third-order valence-electron chi connectivity index (χ3n) is 5.83. The number of hydrogen-bond acceptors (Lipinski definition) is 4. The van der Waals surface area contributed by atoms with Gasteiger partial charge in [-0.25, -0.2) is 0 Å². The average molecular weight is 385 g/mol. The molecule has 1 atom stereocenters. The molecular weight excluding hydrogens is 352 g/mol. The van der Waals surface area contributed by atoms with Gasteiger partial charge in [-0.3, -0.25) is 4.99 Å². The van der Waals surface area contributed by atoms with Crippen molar-refractivity contribution in [1.29, 1.82) is 0 Å². The Morgan fingerprint density at radius 1 is 1.21 bits per heavy atom. The predicted molar refractivity (Wildman–Crippen MR) is 113 cm³/mol. The molecule has 6 nitrogen and oxygen atoms in total. The smallest absolute Gasteiger partial charge is 0.191 e. The van der Waals surface area contributed by atoms with Gasteiger partial charge in [-0.2, -0.15) is 0 Å². The number of piperidine rings is 1. The lowest BCUT2D eigenvalue weighted by Gasteiger charge is -2.34. The number of hydrogen-bond donors (Lipinski definition) is 2. The van der Waals surface area contributed by atoms with Gasteiger partial charge >= 0.3 is 0 Å². The van der Waals surface area contributed by atoms with Crippen LogP contribution in [0.2, 0.25) is 0 Å². The molecule has 2 aromatic rings. The summed E-state index contributed by atoms with van der Waals surface area (Å²) in [7, 11) is 1.84. The van der Waals surface area contributed by atoms with E-state index in [-0.39, 0.29) is 0 Å². The van der Waals surface area contributed by atoms with Crippen molar-refractivity contribution in [3.05, 3.63) is 36.1 Å². The molecule has 2 N–H and O–H groups in total. The van der Waals surface area contributed by atoms with Gasteiger partial charge < -0.3 is 24.7 Å². The number of nitrogens with zero attached hydrogens (tertiary/aromatic N) is 2. The van der Waals surface area contributed by atoms with Gasteiger partial charge in [0.2, 0.25) is 0 Å². The van der Waals surface area contributed by atoms with Crippen LogP contribution in [0.3, 0.4) is 0 Å². The fraction of sp³-hybridized carbons (Fsp3) is 0.591. The van der Waals surface area contributed by atoms with E-state index in [9.17, 15) is 0 Å². The summed E-state index contributed by atoms with van der Waals surface area (Å²) in [4.78, 5) is 6.98. The van der Waals surface area contributed by atoms with Crippen LogP contribution < -0.4 is 10.6 Å². The Morgan fingerprint density at radius 3 is 2.82 bits per heavy atom. The van der Waals surface area contributed by atoms with E-state index in [0.29, 0.717) is 6.04 Å². The van der Waals surface area contributed by atoms with Crippen molar-refractivity contribution >= 4 is 16.9 Å². The van der Waals surface area contributed by atoms with Crippen molar-refractivity contribution in [3.63, 3.8) is 0 Å². The Morgan fingerprint density at radius 2 is 2.07 bits per heavy atom. The molecule has 2 fully saturated rings. The number of rotatable bonds is 6. The SMILES string of the molecule is CN=C(NCCc1cc2ccccc2o1)NC1CCN(CC2CCOC2)CC1. The molecule has 0 aliphatic carbocycles. The zero-order chi connectivity index (χ0) is 19.2. The van der Waals surface area contributed by atoms with Gasteiger partial charge in [0.05, 0.1) is 6.61 Å². The first-order valence-corrected chi connectivity index (χ1v) is 10.5. The molecule has 0 radical (unpaired) electrons. The maximum atomic E-state index is 5.89. The second kappa shape index (κ2) is 9.43. The summed E-state index contributed by atoms with van der Waals surface area (Å²) in [5.41, 5.74) is 0.955. The summed E-state index contributed by atoms with van der Waals surface area (Å²) in [5, 5.41) is 8.18. The van der Waals surface area contributed by atoms with Gasteiger partial charge in [0, 0.05) is 57.7 Å². The second-order valence-corrected chi connectivity index (χ2v) is 7.95. The number of furan rings is 1. The number of likely N-dealkylation sites (tertiary alicyclic amines) is 1. The maximum Gasteiger partial charge on any atom is 0.191 e. The molecule has 2 saturated heterocycles. The van der Waals surface area contributed by atoms with Crippen LogP contribution in [-0.4, -0.2) is 63.3 Å². The zero-order valence-corrected chi connectivity index (χ0v) is 16.8. The molecule has 0 spiro atoms. The number of ether oxygens (including phenoxy) is 1. The molecule has 4 rings (SSSR count). The van der Waals surface area contributed by atoms with Gasteiger partial charge in [-0.1, -0.05) is 18.2 Å². The van der Waals surface area contributed by atoms with Crippen LogP contribution in [0.5, 0.6) is 0 Å². The summed E-state index contributed by atoms with van der Waals surface area (Å²) < 4.78 is 11.4. The van der Waals surface area contributed by atoms with Crippen LogP contribution in [0.15, 0.2) is 39.7 Å². The van der Waals surface area contributed by atoms with E-state index in [0.717, 1.165) is 80.7 Å². The number of para-hydroxylation sites is 1. The van der Waals surface area contributed by atoms with Crippen molar-refractivity contribution in [1.82, 2.24) is 15.5 Å². The Bertz CT molecular complexity index is 741. The number of aliphatic imine (C=N–C) groups is 1. The normalized spacial score (nSPS) is 22.0. The molecule has 1 aromatic carbocycles. The fourth-order valence-corrected chi connectivity index (χ4v) is 4.20. The van der Waals surface area contributed by atoms with E-state index in [1.807, 2.05) is 25.2 Å². The number of guanidine groups is 1. The van der Waals surface area contributed by atoms with Crippen LogP contribution >= 0.6 is 0 Å². The summed E-state index contributed by atoms with van der Waals surface area (Å²) in [6.45, 7) is 6.20. The molecule has 0 bridgehead atoms. The minimum atomic E-state index is 0.494. The lowest BCUT2D eigenvalue weighted by atomic mass is 10.0. The first kappa shape index (κ1) is 19.3. The molecule has 152 valence electrons. The van der Waals surface area contributed by atoms with E-state index in [1.54, 1.807) is 0 Å². The van der Waals surface area contributed by atoms with Crippen molar-refractivity contribution in [3.8, 4) is 0 Å². The fourth-order valence-electron chi connectivity index (χ4n) is 4.20. The molecule has 28 heavy (non-hydrogen) atoms. The maximum absolute atomic E-state index is 5.89. The third-order valence-corrected chi connectivity index (χ3v) is 5.83. The lowest BCUT2D eigenvalue weighted by molar-refractivity contribution is 0.150. The van der Waals surface area contributed by atoms with Gasteiger partial charge in [0.15, 0.2) is 5.96 Å². The monoisotopic (exact) mass is 384 g/mol. The summed E-state index contributed by atoms with van der Waals surface area (Å²) >= 11 is 0. The molecule has 1 aromatic heterocycles. The molecule has 6 heteroatoms. The number of nitrogens with one attached hydrogen (secondary N) is 2. The van der Waals surface area contributed by atoms with Crippen LogP contribution in [-0.2, 0) is 11.2 Å². The number of benzene rings is 1. The Hall–Kier alpha value is -2.05. The molecule has 1 unspecified atom stereocenters. The molecule has 3 heterocycles. The van der Waals surface area contributed by atoms with E-state index < -0.39 is 0 Å². The zero-order valence-electron chi connectivity index (χ0n) is 16.8. The average Bonchev–Trinajstić information content (AvgIpc) is 3.37.